The monoisotopic (exact) mass is 468 g/mol. The van der Waals surface area contributed by atoms with Crippen molar-refractivity contribution in [3.8, 4) is 22.8 Å². The zero-order valence-corrected chi connectivity index (χ0v) is 19.7. The Hall–Kier alpha value is -4.40. The number of carbonyl (C=O) groups excluding carboxylic acids is 1. The van der Waals surface area contributed by atoms with Crippen molar-refractivity contribution in [3.63, 3.8) is 0 Å². The van der Waals surface area contributed by atoms with Crippen LogP contribution in [0.1, 0.15) is 40.2 Å². The summed E-state index contributed by atoms with van der Waals surface area (Å²) in [5, 5.41) is 10.3. The highest BCUT2D eigenvalue weighted by molar-refractivity contribution is 5.89. The third-order valence-corrected chi connectivity index (χ3v) is 6.36. The van der Waals surface area contributed by atoms with E-state index >= 15 is 0 Å². The number of aromatic nitrogens is 6. The summed E-state index contributed by atoms with van der Waals surface area (Å²) < 4.78 is 14.7. The van der Waals surface area contributed by atoms with Gasteiger partial charge in [-0.1, -0.05) is 11.6 Å². The fraction of sp³-hybridized carbons (Fsp3) is 0.231. The van der Waals surface area contributed by atoms with Crippen LogP contribution in [0.15, 0.2) is 48.8 Å². The Morgan fingerprint density at radius 1 is 1.14 bits per heavy atom. The highest BCUT2D eigenvalue weighted by Crippen LogP contribution is 2.35. The van der Waals surface area contributed by atoms with E-state index in [9.17, 15) is 4.79 Å². The summed E-state index contributed by atoms with van der Waals surface area (Å²) in [6, 6.07) is 14.2. The van der Waals surface area contributed by atoms with Crippen LogP contribution in [-0.4, -0.2) is 49.0 Å². The predicted octanol–water partition coefficient (Wildman–Crippen LogP) is 4.06. The highest BCUT2D eigenvalue weighted by Gasteiger charge is 2.29. The van der Waals surface area contributed by atoms with E-state index in [1.807, 2.05) is 27.3 Å². The third kappa shape index (κ3) is 3.47. The molecule has 2 aromatic carbocycles. The molecule has 9 nitrogen and oxygen atoms in total. The highest BCUT2D eigenvalue weighted by atomic mass is 16.5. The van der Waals surface area contributed by atoms with E-state index < -0.39 is 5.97 Å². The molecule has 0 amide bonds. The first-order chi connectivity index (χ1) is 17.1. The van der Waals surface area contributed by atoms with Gasteiger partial charge in [-0.2, -0.15) is 0 Å². The summed E-state index contributed by atoms with van der Waals surface area (Å²) in [5.41, 5.74) is 6.05. The van der Waals surface area contributed by atoms with Gasteiger partial charge in [0.15, 0.2) is 11.5 Å². The van der Waals surface area contributed by atoms with Crippen LogP contribution < -0.4 is 4.74 Å². The number of hydrogen-bond acceptors (Lipinski definition) is 6. The maximum atomic E-state index is 12.7. The minimum Gasteiger partial charge on any atom is -0.497 e. The molecule has 1 aliphatic heterocycles. The maximum absolute atomic E-state index is 12.7. The minimum absolute atomic E-state index is 0.280. The number of nitrogens with one attached hydrogen (secondary N) is 1. The molecule has 0 spiro atoms. The van der Waals surface area contributed by atoms with Crippen molar-refractivity contribution in [1.82, 2.24) is 29.3 Å². The van der Waals surface area contributed by atoms with Gasteiger partial charge in [0.2, 0.25) is 0 Å². The summed E-state index contributed by atoms with van der Waals surface area (Å²) in [6.07, 6.45) is 2.22. The molecule has 0 radical (unpaired) electrons. The van der Waals surface area contributed by atoms with E-state index in [-0.39, 0.29) is 6.61 Å². The SMILES string of the molecule is CCOC(=O)c1ncn2c1Cn1c(Cc3cc4cc(C)ccc4[nH]3)nnc1-c1cc(OC)ccc1-2. The lowest BCUT2D eigenvalue weighted by atomic mass is 10.1. The Kier molecular flexibility index (Phi) is 4.91. The zero-order valence-electron chi connectivity index (χ0n) is 19.7. The summed E-state index contributed by atoms with van der Waals surface area (Å²) in [5.74, 6) is 1.75. The average Bonchev–Trinajstić information content (AvgIpc) is 3.54. The molecule has 0 saturated carbocycles. The number of rotatable bonds is 5. The first-order valence-electron chi connectivity index (χ1n) is 11.5. The van der Waals surface area contributed by atoms with Crippen molar-refractivity contribution in [1.29, 1.82) is 0 Å². The third-order valence-electron chi connectivity index (χ3n) is 6.36. The van der Waals surface area contributed by atoms with Gasteiger partial charge < -0.3 is 19.0 Å². The Balaban J connectivity index is 1.50. The summed E-state index contributed by atoms with van der Waals surface area (Å²) in [6.45, 7) is 4.52. The number of aryl methyl sites for hydroxylation is 1. The van der Waals surface area contributed by atoms with E-state index in [2.05, 4.69) is 51.4 Å². The quantitative estimate of drug-likeness (QED) is 0.383. The van der Waals surface area contributed by atoms with Crippen molar-refractivity contribution in [2.24, 2.45) is 0 Å². The van der Waals surface area contributed by atoms with E-state index in [1.165, 1.54) is 5.56 Å². The van der Waals surface area contributed by atoms with Gasteiger partial charge in [-0.25, -0.2) is 9.78 Å². The van der Waals surface area contributed by atoms with Gasteiger partial charge in [0.25, 0.3) is 0 Å². The predicted molar refractivity (Wildman–Crippen MR) is 130 cm³/mol. The Bertz CT molecular complexity index is 1590. The van der Waals surface area contributed by atoms with Crippen LogP contribution in [-0.2, 0) is 17.7 Å². The fourth-order valence-corrected chi connectivity index (χ4v) is 4.69. The van der Waals surface area contributed by atoms with E-state index in [0.717, 1.165) is 39.4 Å². The molecule has 4 heterocycles. The molecule has 35 heavy (non-hydrogen) atoms. The Morgan fingerprint density at radius 3 is 2.86 bits per heavy atom. The van der Waals surface area contributed by atoms with Crippen LogP contribution >= 0.6 is 0 Å². The number of imidazole rings is 1. The first-order valence-corrected chi connectivity index (χ1v) is 11.5. The molecule has 0 aliphatic carbocycles. The molecule has 6 rings (SSSR count). The number of methoxy groups -OCH3 is 1. The van der Waals surface area contributed by atoms with Gasteiger partial charge in [-0.05, 0) is 55.6 Å². The van der Waals surface area contributed by atoms with E-state index in [4.69, 9.17) is 9.47 Å². The van der Waals surface area contributed by atoms with Gasteiger partial charge in [-0.3, -0.25) is 4.57 Å². The smallest absolute Gasteiger partial charge is 0.358 e. The first kappa shape index (κ1) is 21.2. The molecule has 1 aliphatic rings. The molecule has 3 aromatic heterocycles. The Labute approximate surface area is 201 Å². The van der Waals surface area contributed by atoms with Gasteiger partial charge in [-0.15, -0.1) is 10.2 Å². The molecular weight excluding hydrogens is 444 g/mol. The number of nitrogens with zero attached hydrogens (tertiary/aromatic N) is 5. The number of ether oxygens (including phenoxy) is 2. The van der Waals surface area contributed by atoms with Crippen molar-refractivity contribution in [2.45, 2.75) is 26.8 Å². The second-order valence-corrected chi connectivity index (χ2v) is 8.60. The maximum Gasteiger partial charge on any atom is 0.358 e. The number of fused-ring (bicyclic) bond motifs is 6. The topological polar surface area (TPSA) is 99.9 Å². The standard InChI is InChI=1S/C26H24N6O3/c1-4-35-26(33)24-22-13-31-23(11-17-10-16-9-15(2)5-7-20(16)28-17)29-30-25(31)19-12-18(34-3)6-8-21(19)32(22)14-27-24/h5-10,12,14,28H,4,11,13H2,1-3H3. The van der Waals surface area contributed by atoms with Crippen molar-refractivity contribution in [2.75, 3.05) is 13.7 Å². The van der Waals surface area contributed by atoms with Crippen LogP contribution in [0.5, 0.6) is 5.75 Å². The summed E-state index contributed by atoms with van der Waals surface area (Å²) in [4.78, 5) is 20.6. The van der Waals surface area contributed by atoms with Crippen LogP contribution in [0, 0.1) is 6.92 Å². The zero-order chi connectivity index (χ0) is 24.1. The molecule has 1 N–H and O–H groups in total. The molecule has 0 fully saturated rings. The summed E-state index contributed by atoms with van der Waals surface area (Å²) >= 11 is 0. The minimum atomic E-state index is -0.444. The second kappa shape index (κ2) is 8.12. The van der Waals surface area contributed by atoms with Crippen LogP contribution in [0.25, 0.3) is 28.0 Å². The van der Waals surface area contributed by atoms with Crippen molar-refractivity contribution >= 4 is 16.9 Å². The van der Waals surface area contributed by atoms with Crippen LogP contribution in [0.3, 0.4) is 0 Å². The van der Waals surface area contributed by atoms with E-state index in [1.54, 1.807) is 20.4 Å². The number of carbonyl (C=O) groups is 1. The molecule has 0 unspecified atom stereocenters. The molecule has 9 heteroatoms. The lowest BCUT2D eigenvalue weighted by Crippen LogP contribution is -2.14. The summed E-state index contributed by atoms with van der Waals surface area (Å²) in [7, 11) is 1.63. The van der Waals surface area contributed by atoms with E-state index in [0.29, 0.717) is 30.2 Å². The molecule has 5 aromatic rings. The van der Waals surface area contributed by atoms with Gasteiger partial charge in [0, 0.05) is 23.2 Å². The number of aromatic amines is 1. The van der Waals surface area contributed by atoms with Crippen LogP contribution in [0.2, 0.25) is 0 Å². The molecule has 176 valence electrons. The lowest BCUT2D eigenvalue weighted by Gasteiger charge is -2.10. The normalized spacial score (nSPS) is 12.1. The molecular formula is C26H24N6O3. The molecule has 0 atom stereocenters. The largest absolute Gasteiger partial charge is 0.497 e. The van der Waals surface area contributed by atoms with Gasteiger partial charge in [0.05, 0.1) is 31.6 Å². The Morgan fingerprint density at radius 2 is 2.03 bits per heavy atom. The fourth-order valence-electron chi connectivity index (χ4n) is 4.69. The number of esters is 1. The second-order valence-electron chi connectivity index (χ2n) is 8.60. The van der Waals surface area contributed by atoms with Crippen molar-refractivity contribution in [3.05, 3.63) is 77.3 Å². The number of hydrogen-bond donors (Lipinski definition) is 1. The number of H-pyrrole nitrogens is 1. The van der Waals surface area contributed by atoms with Crippen LogP contribution in [0.4, 0.5) is 0 Å². The molecule has 0 bridgehead atoms. The molecule has 0 saturated heterocycles. The van der Waals surface area contributed by atoms with Gasteiger partial charge >= 0.3 is 5.97 Å². The van der Waals surface area contributed by atoms with Crippen molar-refractivity contribution < 1.29 is 14.3 Å². The van der Waals surface area contributed by atoms with Gasteiger partial charge in [0.1, 0.15) is 17.9 Å². The lowest BCUT2D eigenvalue weighted by molar-refractivity contribution is 0.0518. The number of benzene rings is 2. The average molecular weight is 469 g/mol.